The summed E-state index contributed by atoms with van der Waals surface area (Å²) in [5.74, 6) is 0.510. The molecule has 2 rings (SSSR count). The molecule has 1 saturated carbocycles. The number of methoxy groups -OCH3 is 1. The van der Waals surface area contributed by atoms with E-state index in [9.17, 15) is 9.59 Å². The molecular weight excluding hydrogens is 280 g/mol. The second-order valence-electron chi connectivity index (χ2n) is 5.81. The minimum atomic E-state index is -0.411. The maximum Gasteiger partial charge on any atom is 0.338 e. The van der Waals surface area contributed by atoms with Gasteiger partial charge in [-0.15, -0.1) is 0 Å². The van der Waals surface area contributed by atoms with Crippen molar-refractivity contribution in [1.29, 1.82) is 0 Å². The quantitative estimate of drug-likeness (QED) is 0.484. The third-order valence-electron chi connectivity index (χ3n) is 4.17. The highest BCUT2D eigenvalue weighted by Crippen LogP contribution is 2.36. The Balaban J connectivity index is 1.93. The lowest BCUT2D eigenvalue weighted by molar-refractivity contribution is -0.146. The van der Waals surface area contributed by atoms with Crippen molar-refractivity contribution >= 4 is 11.9 Å². The van der Waals surface area contributed by atoms with Gasteiger partial charge in [-0.1, -0.05) is 18.7 Å². The Kier molecular flexibility index (Phi) is 5.36. The normalized spacial score (nSPS) is 21.0. The Morgan fingerprint density at radius 3 is 2.18 bits per heavy atom. The van der Waals surface area contributed by atoms with E-state index in [0.29, 0.717) is 17.2 Å². The highest BCUT2D eigenvalue weighted by Gasteiger charge is 2.27. The molecule has 0 atom stereocenters. The number of hydrogen-bond donors (Lipinski definition) is 0. The van der Waals surface area contributed by atoms with Crippen molar-refractivity contribution in [3.05, 3.63) is 42.0 Å². The first-order valence-corrected chi connectivity index (χ1v) is 7.56. The number of rotatable bonds is 4. The number of benzene rings is 1. The molecule has 4 nitrogen and oxygen atoms in total. The Labute approximate surface area is 131 Å². The Morgan fingerprint density at radius 2 is 1.68 bits per heavy atom. The van der Waals surface area contributed by atoms with Gasteiger partial charge in [-0.05, 0) is 56.2 Å². The first-order valence-electron chi connectivity index (χ1n) is 7.56. The fourth-order valence-electron chi connectivity index (χ4n) is 2.83. The van der Waals surface area contributed by atoms with Crippen molar-refractivity contribution in [2.75, 3.05) is 7.11 Å². The highest BCUT2D eigenvalue weighted by molar-refractivity contribution is 5.88. The number of esters is 2. The van der Waals surface area contributed by atoms with Gasteiger partial charge >= 0.3 is 11.9 Å². The maximum atomic E-state index is 11.5. The number of carbonyl (C=O) groups excluding carboxylic acids is 2. The van der Waals surface area contributed by atoms with Crippen LogP contribution >= 0.6 is 0 Å². The molecule has 1 aliphatic rings. The van der Waals surface area contributed by atoms with Crippen LogP contribution in [0.2, 0.25) is 0 Å². The predicted molar refractivity (Wildman–Crippen MR) is 83.6 cm³/mol. The van der Waals surface area contributed by atoms with Gasteiger partial charge in [-0.3, -0.25) is 4.79 Å². The van der Waals surface area contributed by atoms with E-state index in [2.05, 4.69) is 6.58 Å². The van der Waals surface area contributed by atoms with E-state index in [1.54, 1.807) is 6.92 Å². The van der Waals surface area contributed by atoms with Gasteiger partial charge in [0.25, 0.3) is 0 Å². The standard InChI is InChI=1S/C18H22O4/c1-12(2)17(19)22-16-10-8-14(9-11-16)13-4-6-15(7-5-13)18(20)21-3/h8-11,13,15H,1,4-7H2,2-3H3. The summed E-state index contributed by atoms with van der Waals surface area (Å²) in [4.78, 5) is 23.0. The topological polar surface area (TPSA) is 52.6 Å². The molecule has 0 aromatic heterocycles. The van der Waals surface area contributed by atoms with Gasteiger partial charge in [0.2, 0.25) is 0 Å². The molecule has 4 heteroatoms. The average Bonchev–Trinajstić information content (AvgIpc) is 2.55. The minimum absolute atomic E-state index is 0.0389. The zero-order chi connectivity index (χ0) is 16.1. The van der Waals surface area contributed by atoms with Crippen LogP contribution < -0.4 is 4.74 Å². The molecule has 22 heavy (non-hydrogen) atoms. The van der Waals surface area contributed by atoms with Crippen LogP contribution in [0.1, 0.15) is 44.1 Å². The largest absolute Gasteiger partial charge is 0.469 e. The third-order valence-corrected chi connectivity index (χ3v) is 4.17. The monoisotopic (exact) mass is 302 g/mol. The predicted octanol–water partition coefficient (Wildman–Crippen LogP) is 3.61. The lowest BCUT2D eigenvalue weighted by Gasteiger charge is -2.27. The first kappa shape index (κ1) is 16.3. The summed E-state index contributed by atoms with van der Waals surface area (Å²) in [6, 6.07) is 7.60. The summed E-state index contributed by atoms with van der Waals surface area (Å²) in [7, 11) is 1.44. The van der Waals surface area contributed by atoms with Gasteiger partial charge in [0.15, 0.2) is 0 Å². The fraction of sp³-hybridized carbons (Fsp3) is 0.444. The molecule has 0 unspecified atom stereocenters. The summed E-state index contributed by atoms with van der Waals surface area (Å²) in [6.07, 6.45) is 3.68. The van der Waals surface area contributed by atoms with Crippen molar-refractivity contribution in [2.45, 2.75) is 38.5 Å². The van der Waals surface area contributed by atoms with Crippen LogP contribution in [0.3, 0.4) is 0 Å². The van der Waals surface area contributed by atoms with E-state index in [0.717, 1.165) is 25.7 Å². The van der Waals surface area contributed by atoms with Crippen LogP contribution in [0.5, 0.6) is 5.75 Å². The summed E-state index contributed by atoms with van der Waals surface area (Å²) >= 11 is 0. The van der Waals surface area contributed by atoms with Gasteiger partial charge in [0, 0.05) is 5.57 Å². The lowest BCUT2D eigenvalue weighted by atomic mass is 9.79. The fourth-order valence-corrected chi connectivity index (χ4v) is 2.83. The molecule has 0 spiro atoms. The van der Waals surface area contributed by atoms with Gasteiger partial charge in [-0.25, -0.2) is 4.79 Å². The van der Waals surface area contributed by atoms with Crippen molar-refractivity contribution in [3.8, 4) is 5.75 Å². The van der Waals surface area contributed by atoms with E-state index >= 15 is 0 Å². The molecule has 118 valence electrons. The molecular formula is C18H22O4. The number of ether oxygens (including phenoxy) is 2. The van der Waals surface area contributed by atoms with E-state index < -0.39 is 5.97 Å². The molecule has 1 fully saturated rings. The smallest absolute Gasteiger partial charge is 0.338 e. The lowest BCUT2D eigenvalue weighted by Crippen LogP contribution is -2.22. The zero-order valence-electron chi connectivity index (χ0n) is 13.1. The van der Waals surface area contributed by atoms with Gasteiger partial charge in [0.1, 0.15) is 5.75 Å². The summed E-state index contributed by atoms with van der Waals surface area (Å²) < 4.78 is 9.99. The summed E-state index contributed by atoms with van der Waals surface area (Å²) in [5.41, 5.74) is 1.60. The SMILES string of the molecule is C=C(C)C(=O)Oc1ccc(C2CCC(C(=O)OC)CC2)cc1. The highest BCUT2D eigenvalue weighted by atomic mass is 16.5. The van der Waals surface area contributed by atoms with E-state index in [-0.39, 0.29) is 11.9 Å². The second kappa shape index (κ2) is 7.25. The third kappa shape index (κ3) is 3.97. The summed E-state index contributed by atoms with van der Waals surface area (Å²) in [5, 5.41) is 0. The van der Waals surface area contributed by atoms with Crippen LogP contribution in [0.15, 0.2) is 36.4 Å². The number of hydrogen-bond acceptors (Lipinski definition) is 4. The van der Waals surface area contributed by atoms with Crippen LogP contribution in [0.25, 0.3) is 0 Å². The average molecular weight is 302 g/mol. The minimum Gasteiger partial charge on any atom is -0.469 e. The number of carbonyl (C=O) groups is 2. The van der Waals surface area contributed by atoms with E-state index in [1.807, 2.05) is 24.3 Å². The maximum absolute atomic E-state index is 11.5. The molecule has 0 bridgehead atoms. The molecule has 0 aliphatic heterocycles. The molecule has 1 aromatic rings. The zero-order valence-corrected chi connectivity index (χ0v) is 13.1. The molecule has 1 aromatic carbocycles. The molecule has 1 aliphatic carbocycles. The van der Waals surface area contributed by atoms with Crippen molar-refractivity contribution in [3.63, 3.8) is 0 Å². The molecule has 0 saturated heterocycles. The van der Waals surface area contributed by atoms with Crippen LogP contribution in [-0.2, 0) is 14.3 Å². The first-order chi connectivity index (χ1) is 10.5. The molecule has 0 N–H and O–H groups in total. The summed E-state index contributed by atoms with van der Waals surface area (Å²) in [6.45, 7) is 5.18. The van der Waals surface area contributed by atoms with Gasteiger partial charge < -0.3 is 9.47 Å². The van der Waals surface area contributed by atoms with Gasteiger partial charge in [-0.2, -0.15) is 0 Å². The van der Waals surface area contributed by atoms with E-state index in [1.165, 1.54) is 12.7 Å². The van der Waals surface area contributed by atoms with E-state index in [4.69, 9.17) is 9.47 Å². The Hall–Kier alpha value is -2.10. The van der Waals surface area contributed by atoms with Crippen LogP contribution in [0.4, 0.5) is 0 Å². The Morgan fingerprint density at radius 1 is 1.09 bits per heavy atom. The molecule has 0 amide bonds. The molecule has 0 radical (unpaired) electrons. The van der Waals surface area contributed by atoms with Crippen LogP contribution in [-0.4, -0.2) is 19.0 Å². The second-order valence-corrected chi connectivity index (χ2v) is 5.81. The van der Waals surface area contributed by atoms with Crippen LogP contribution in [0, 0.1) is 5.92 Å². The van der Waals surface area contributed by atoms with Crippen molar-refractivity contribution in [2.24, 2.45) is 5.92 Å². The van der Waals surface area contributed by atoms with Crippen molar-refractivity contribution in [1.82, 2.24) is 0 Å². The molecule has 0 heterocycles. The Bertz CT molecular complexity index is 551. The van der Waals surface area contributed by atoms with Gasteiger partial charge in [0.05, 0.1) is 13.0 Å². The van der Waals surface area contributed by atoms with Crippen molar-refractivity contribution < 1.29 is 19.1 Å².